The summed E-state index contributed by atoms with van der Waals surface area (Å²) in [6.45, 7) is 9.73. The van der Waals surface area contributed by atoms with Gasteiger partial charge >= 0.3 is 0 Å². The van der Waals surface area contributed by atoms with E-state index in [9.17, 15) is 0 Å². The Hall–Kier alpha value is -0.740. The predicted molar refractivity (Wildman–Crippen MR) is 94.4 cm³/mol. The monoisotopic (exact) mass is 307 g/mol. The van der Waals surface area contributed by atoms with Crippen LogP contribution in [0.4, 0.5) is 5.82 Å². The molecule has 1 fully saturated rings. The summed E-state index contributed by atoms with van der Waals surface area (Å²) in [5.41, 5.74) is 2.54. The number of aromatic nitrogens is 1. The molecule has 118 valence electrons. The molecular weight excluding hydrogens is 278 g/mol. The average Bonchev–Trinajstić information content (AvgIpc) is 2.98. The third-order valence-electron chi connectivity index (χ3n) is 4.01. The highest BCUT2D eigenvalue weighted by Crippen LogP contribution is 2.27. The van der Waals surface area contributed by atoms with Crippen molar-refractivity contribution < 1.29 is 0 Å². The van der Waals surface area contributed by atoms with Crippen molar-refractivity contribution in [3.05, 3.63) is 23.4 Å². The summed E-state index contributed by atoms with van der Waals surface area (Å²) >= 11 is 2.05. The summed E-state index contributed by atoms with van der Waals surface area (Å²) in [4.78, 5) is 7.27. The van der Waals surface area contributed by atoms with Crippen LogP contribution in [0.1, 0.15) is 51.3 Å². The molecule has 1 saturated heterocycles. The van der Waals surface area contributed by atoms with Gasteiger partial charge in [0.25, 0.3) is 0 Å². The predicted octanol–water partition coefficient (Wildman–Crippen LogP) is 3.64. The van der Waals surface area contributed by atoms with Crippen LogP contribution in [0, 0.1) is 0 Å². The zero-order valence-corrected chi connectivity index (χ0v) is 14.8. The van der Waals surface area contributed by atoms with Crippen molar-refractivity contribution in [2.24, 2.45) is 0 Å². The van der Waals surface area contributed by atoms with Crippen LogP contribution in [0.15, 0.2) is 12.1 Å². The minimum atomic E-state index is 0.467. The molecule has 0 amide bonds. The molecule has 1 atom stereocenters. The van der Waals surface area contributed by atoms with E-state index in [0.29, 0.717) is 18.0 Å². The van der Waals surface area contributed by atoms with Gasteiger partial charge in [-0.2, -0.15) is 11.8 Å². The first-order valence-electron chi connectivity index (χ1n) is 8.02. The van der Waals surface area contributed by atoms with Crippen molar-refractivity contribution in [2.45, 2.75) is 58.7 Å². The SMILES string of the molecule is CC(C)NCc1cc(C(C)C)nc(N(C)C2CCSC2)c1. The van der Waals surface area contributed by atoms with Crippen LogP contribution in [0.5, 0.6) is 0 Å². The minimum Gasteiger partial charge on any atom is -0.356 e. The van der Waals surface area contributed by atoms with Gasteiger partial charge in [-0.3, -0.25) is 0 Å². The highest BCUT2D eigenvalue weighted by Gasteiger charge is 2.22. The Labute approximate surface area is 133 Å². The van der Waals surface area contributed by atoms with Crippen molar-refractivity contribution in [1.29, 1.82) is 0 Å². The number of nitrogens with one attached hydrogen (secondary N) is 1. The number of thioether (sulfide) groups is 1. The average molecular weight is 308 g/mol. The Morgan fingerprint density at radius 1 is 1.33 bits per heavy atom. The summed E-state index contributed by atoms with van der Waals surface area (Å²) in [6.07, 6.45) is 1.27. The molecule has 1 unspecified atom stereocenters. The molecule has 3 nitrogen and oxygen atoms in total. The second-order valence-electron chi connectivity index (χ2n) is 6.58. The van der Waals surface area contributed by atoms with E-state index in [1.807, 2.05) is 0 Å². The van der Waals surface area contributed by atoms with Crippen LogP contribution in [-0.4, -0.2) is 35.6 Å². The number of hydrogen-bond donors (Lipinski definition) is 1. The van der Waals surface area contributed by atoms with Gasteiger partial charge in [0.05, 0.1) is 0 Å². The molecule has 0 spiro atoms. The highest BCUT2D eigenvalue weighted by atomic mass is 32.2. The zero-order valence-electron chi connectivity index (χ0n) is 14.0. The van der Waals surface area contributed by atoms with E-state index >= 15 is 0 Å². The van der Waals surface area contributed by atoms with E-state index in [2.05, 4.69) is 68.9 Å². The molecule has 2 heterocycles. The van der Waals surface area contributed by atoms with Crippen LogP contribution in [0.2, 0.25) is 0 Å². The quantitative estimate of drug-likeness (QED) is 0.868. The summed E-state index contributed by atoms with van der Waals surface area (Å²) < 4.78 is 0. The van der Waals surface area contributed by atoms with Crippen molar-refractivity contribution in [3.63, 3.8) is 0 Å². The standard InChI is InChI=1S/C17H29N3S/c1-12(2)16-8-14(10-18-13(3)4)9-17(19-16)20(5)15-6-7-21-11-15/h8-9,12-13,15,18H,6-7,10-11H2,1-5H3. The van der Waals surface area contributed by atoms with Gasteiger partial charge in [0.1, 0.15) is 5.82 Å². The molecule has 0 radical (unpaired) electrons. The molecule has 4 heteroatoms. The van der Waals surface area contributed by atoms with Gasteiger partial charge in [-0.15, -0.1) is 0 Å². The molecule has 1 aromatic heterocycles. The molecule has 1 aliphatic heterocycles. The van der Waals surface area contributed by atoms with Gasteiger partial charge in [0, 0.05) is 37.1 Å². The summed E-state index contributed by atoms with van der Waals surface area (Å²) in [6, 6.07) is 5.65. The fourth-order valence-corrected chi connectivity index (χ4v) is 3.78. The van der Waals surface area contributed by atoms with Crippen LogP contribution in [0.25, 0.3) is 0 Å². The Bertz CT molecular complexity index is 453. The smallest absolute Gasteiger partial charge is 0.129 e. The van der Waals surface area contributed by atoms with E-state index < -0.39 is 0 Å². The van der Waals surface area contributed by atoms with Gasteiger partial charge in [-0.1, -0.05) is 27.7 Å². The lowest BCUT2D eigenvalue weighted by molar-refractivity contribution is 0.587. The molecule has 0 saturated carbocycles. The second-order valence-corrected chi connectivity index (χ2v) is 7.73. The largest absolute Gasteiger partial charge is 0.356 e. The second kappa shape index (κ2) is 7.50. The molecule has 2 rings (SSSR count). The molecule has 1 N–H and O–H groups in total. The van der Waals surface area contributed by atoms with E-state index in [1.165, 1.54) is 29.2 Å². The fraction of sp³-hybridized carbons (Fsp3) is 0.706. The molecule has 0 aromatic carbocycles. The first-order valence-corrected chi connectivity index (χ1v) is 9.17. The summed E-state index contributed by atoms with van der Waals surface area (Å²) in [5, 5.41) is 3.51. The Balaban J connectivity index is 2.21. The lowest BCUT2D eigenvalue weighted by atomic mass is 10.1. The van der Waals surface area contributed by atoms with E-state index in [1.54, 1.807) is 0 Å². The molecule has 1 aliphatic rings. The third-order valence-corrected chi connectivity index (χ3v) is 5.16. The Morgan fingerprint density at radius 3 is 2.67 bits per heavy atom. The van der Waals surface area contributed by atoms with E-state index in [4.69, 9.17) is 4.98 Å². The minimum absolute atomic E-state index is 0.467. The molecular formula is C17H29N3S. The maximum atomic E-state index is 4.89. The molecule has 1 aromatic rings. The van der Waals surface area contributed by atoms with Gasteiger partial charge in [0.2, 0.25) is 0 Å². The van der Waals surface area contributed by atoms with Gasteiger partial charge in [-0.25, -0.2) is 4.98 Å². The van der Waals surface area contributed by atoms with Crippen LogP contribution in [0.3, 0.4) is 0 Å². The topological polar surface area (TPSA) is 28.2 Å². The van der Waals surface area contributed by atoms with Crippen molar-refractivity contribution in [1.82, 2.24) is 10.3 Å². The zero-order chi connectivity index (χ0) is 15.4. The first kappa shape index (κ1) is 16.6. The summed E-state index contributed by atoms with van der Waals surface area (Å²) in [7, 11) is 2.20. The first-order chi connectivity index (χ1) is 9.97. The van der Waals surface area contributed by atoms with E-state index in [0.717, 1.165) is 12.4 Å². The van der Waals surface area contributed by atoms with Crippen molar-refractivity contribution in [3.8, 4) is 0 Å². The van der Waals surface area contributed by atoms with Gasteiger partial charge in [0.15, 0.2) is 0 Å². The molecule has 0 bridgehead atoms. The number of anilines is 1. The van der Waals surface area contributed by atoms with Crippen LogP contribution in [-0.2, 0) is 6.54 Å². The maximum Gasteiger partial charge on any atom is 0.129 e. The van der Waals surface area contributed by atoms with E-state index in [-0.39, 0.29) is 0 Å². The third kappa shape index (κ3) is 4.62. The number of nitrogens with zero attached hydrogens (tertiary/aromatic N) is 2. The van der Waals surface area contributed by atoms with Crippen molar-refractivity contribution in [2.75, 3.05) is 23.5 Å². The molecule has 21 heavy (non-hydrogen) atoms. The fourth-order valence-electron chi connectivity index (χ4n) is 2.51. The van der Waals surface area contributed by atoms with Crippen LogP contribution >= 0.6 is 11.8 Å². The Kier molecular flexibility index (Phi) is 5.94. The van der Waals surface area contributed by atoms with Gasteiger partial charge < -0.3 is 10.2 Å². The molecule has 0 aliphatic carbocycles. The van der Waals surface area contributed by atoms with Crippen LogP contribution < -0.4 is 10.2 Å². The Morgan fingerprint density at radius 2 is 2.10 bits per heavy atom. The maximum absolute atomic E-state index is 4.89. The number of pyridine rings is 1. The van der Waals surface area contributed by atoms with Gasteiger partial charge in [-0.05, 0) is 35.8 Å². The normalized spacial score (nSPS) is 18.7. The summed E-state index contributed by atoms with van der Waals surface area (Å²) in [5.74, 6) is 4.10. The number of hydrogen-bond acceptors (Lipinski definition) is 4. The lowest BCUT2D eigenvalue weighted by Crippen LogP contribution is -2.32. The number of rotatable bonds is 6. The lowest BCUT2D eigenvalue weighted by Gasteiger charge is -2.26. The van der Waals surface area contributed by atoms with Crippen molar-refractivity contribution >= 4 is 17.6 Å². The highest BCUT2D eigenvalue weighted by molar-refractivity contribution is 7.99.